The quantitative estimate of drug-likeness (QED) is 0.737. The van der Waals surface area contributed by atoms with Crippen molar-refractivity contribution in [3.05, 3.63) is 29.8 Å². The van der Waals surface area contributed by atoms with Gasteiger partial charge < -0.3 is 9.47 Å². The fourth-order valence-electron chi connectivity index (χ4n) is 1.82. The number of ether oxygens (including phenoxy) is 2. The molecule has 0 aliphatic rings. The van der Waals surface area contributed by atoms with E-state index in [-0.39, 0.29) is 24.6 Å². The van der Waals surface area contributed by atoms with Crippen molar-refractivity contribution >= 4 is 16.0 Å². The molecule has 1 aromatic rings. The first-order chi connectivity index (χ1) is 9.88. The molecule has 0 aromatic heterocycles. The number of hydrogen-bond donors (Lipinski definition) is 1. The molecule has 0 bridgehead atoms. The van der Waals surface area contributed by atoms with Crippen LogP contribution >= 0.6 is 0 Å². The van der Waals surface area contributed by atoms with Gasteiger partial charge in [-0.05, 0) is 31.0 Å². The number of nitrogens with one attached hydrogen (secondary N) is 1. The third-order valence-corrected chi connectivity index (χ3v) is 4.51. The summed E-state index contributed by atoms with van der Waals surface area (Å²) in [6.07, 6.45) is 0.317. The molecule has 118 valence electrons. The van der Waals surface area contributed by atoms with E-state index in [2.05, 4.69) is 9.46 Å². The fourth-order valence-corrected chi connectivity index (χ4v) is 3.13. The Labute approximate surface area is 125 Å². The highest BCUT2D eigenvalue weighted by molar-refractivity contribution is 7.89. The van der Waals surface area contributed by atoms with Crippen LogP contribution in [0.3, 0.4) is 0 Å². The largest absolute Gasteiger partial charge is 0.497 e. The van der Waals surface area contributed by atoms with E-state index in [1.807, 2.05) is 6.07 Å². The second-order valence-electron chi connectivity index (χ2n) is 4.61. The zero-order chi connectivity index (χ0) is 15.9. The van der Waals surface area contributed by atoms with E-state index in [1.165, 1.54) is 7.11 Å². The predicted molar refractivity (Wildman–Crippen MR) is 79.6 cm³/mol. The SMILES string of the molecule is COC(=O)CCCS(=O)(=O)N[C@@H](C)c1cccc(OC)c1. The molecule has 1 N–H and O–H groups in total. The van der Waals surface area contributed by atoms with Gasteiger partial charge in [-0.2, -0.15) is 0 Å². The minimum Gasteiger partial charge on any atom is -0.497 e. The van der Waals surface area contributed by atoms with E-state index < -0.39 is 16.0 Å². The number of hydrogen-bond acceptors (Lipinski definition) is 5. The van der Waals surface area contributed by atoms with Gasteiger partial charge in [-0.15, -0.1) is 0 Å². The lowest BCUT2D eigenvalue weighted by atomic mass is 10.1. The van der Waals surface area contributed by atoms with Crippen LogP contribution in [0.5, 0.6) is 5.75 Å². The van der Waals surface area contributed by atoms with Crippen LogP contribution in [-0.4, -0.2) is 34.4 Å². The number of carbonyl (C=O) groups excluding carboxylic acids is 1. The summed E-state index contributed by atoms with van der Waals surface area (Å²) in [6, 6.07) is 6.83. The van der Waals surface area contributed by atoms with Gasteiger partial charge >= 0.3 is 5.97 Å². The summed E-state index contributed by atoms with van der Waals surface area (Å²) in [4.78, 5) is 11.0. The maximum absolute atomic E-state index is 11.9. The number of benzene rings is 1. The van der Waals surface area contributed by atoms with Gasteiger partial charge in [0.25, 0.3) is 0 Å². The molecule has 6 nitrogen and oxygen atoms in total. The van der Waals surface area contributed by atoms with E-state index in [0.29, 0.717) is 5.75 Å². The Morgan fingerprint density at radius 2 is 2.05 bits per heavy atom. The monoisotopic (exact) mass is 315 g/mol. The summed E-state index contributed by atoms with van der Waals surface area (Å²) in [5, 5.41) is 0. The highest BCUT2D eigenvalue weighted by atomic mass is 32.2. The fraction of sp³-hybridized carbons (Fsp3) is 0.500. The first-order valence-electron chi connectivity index (χ1n) is 6.58. The third kappa shape index (κ3) is 6.14. The molecule has 0 unspecified atom stereocenters. The summed E-state index contributed by atoms with van der Waals surface area (Å²) >= 11 is 0. The Bertz CT molecular complexity index is 570. The minimum absolute atomic E-state index is 0.0882. The lowest BCUT2D eigenvalue weighted by Gasteiger charge is -2.15. The van der Waals surface area contributed by atoms with Gasteiger partial charge in [0.1, 0.15) is 5.75 Å². The maximum atomic E-state index is 11.9. The third-order valence-electron chi connectivity index (χ3n) is 2.97. The van der Waals surface area contributed by atoms with Crippen molar-refractivity contribution in [1.29, 1.82) is 0 Å². The van der Waals surface area contributed by atoms with Gasteiger partial charge in [-0.1, -0.05) is 12.1 Å². The van der Waals surface area contributed by atoms with Crippen LogP contribution < -0.4 is 9.46 Å². The van der Waals surface area contributed by atoms with Crippen LogP contribution in [-0.2, 0) is 19.6 Å². The van der Waals surface area contributed by atoms with Gasteiger partial charge in [0.05, 0.1) is 20.0 Å². The molecule has 0 heterocycles. The average Bonchev–Trinajstić information content (AvgIpc) is 2.46. The molecular formula is C14H21NO5S. The van der Waals surface area contributed by atoms with Crippen LogP contribution in [0, 0.1) is 0 Å². The Balaban J connectivity index is 2.59. The Kier molecular flexibility index (Phi) is 6.64. The second-order valence-corrected chi connectivity index (χ2v) is 6.49. The highest BCUT2D eigenvalue weighted by Crippen LogP contribution is 2.19. The molecule has 1 aromatic carbocycles. The standard InChI is InChI=1S/C14H21NO5S/c1-11(12-6-4-7-13(10-12)19-2)15-21(17,18)9-5-8-14(16)20-3/h4,6-7,10-11,15H,5,8-9H2,1-3H3/t11-/m0/s1. The van der Waals surface area contributed by atoms with Crippen molar-refractivity contribution in [3.63, 3.8) is 0 Å². The zero-order valence-corrected chi connectivity index (χ0v) is 13.3. The lowest BCUT2D eigenvalue weighted by Crippen LogP contribution is -2.29. The molecule has 1 rings (SSSR count). The molecule has 0 saturated heterocycles. The summed E-state index contributed by atoms with van der Waals surface area (Å²) in [7, 11) is -0.617. The highest BCUT2D eigenvalue weighted by Gasteiger charge is 2.16. The minimum atomic E-state index is -3.45. The second kappa shape index (κ2) is 7.99. The predicted octanol–water partition coefficient (Wildman–Crippen LogP) is 1.63. The molecule has 7 heteroatoms. The first kappa shape index (κ1) is 17.5. The molecule has 1 atom stereocenters. The Morgan fingerprint density at radius 3 is 2.67 bits per heavy atom. The first-order valence-corrected chi connectivity index (χ1v) is 8.24. The zero-order valence-electron chi connectivity index (χ0n) is 12.5. The van der Waals surface area contributed by atoms with Crippen molar-refractivity contribution in [3.8, 4) is 5.75 Å². The van der Waals surface area contributed by atoms with Gasteiger partial charge in [-0.3, -0.25) is 4.79 Å². The van der Waals surface area contributed by atoms with Gasteiger partial charge in [0, 0.05) is 12.5 Å². The number of esters is 1. The molecule has 21 heavy (non-hydrogen) atoms. The van der Waals surface area contributed by atoms with Gasteiger partial charge in [-0.25, -0.2) is 13.1 Å². The van der Waals surface area contributed by atoms with Crippen LogP contribution in [0.15, 0.2) is 24.3 Å². The molecule has 0 aliphatic carbocycles. The van der Waals surface area contributed by atoms with Gasteiger partial charge in [0.2, 0.25) is 10.0 Å². The maximum Gasteiger partial charge on any atom is 0.305 e. The number of carbonyl (C=O) groups is 1. The molecule has 0 spiro atoms. The van der Waals surface area contributed by atoms with E-state index in [0.717, 1.165) is 5.56 Å². The van der Waals surface area contributed by atoms with Crippen LogP contribution in [0.25, 0.3) is 0 Å². The summed E-state index contributed by atoms with van der Waals surface area (Å²) in [6.45, 7) is 1.76. The van der Waals surface area contributed by atoms with E-state index in [9.17, 15) is 13.2 Å². The van der Waals surface area contributed by atoms with Crippen molar-refractivity contribution in [2.45, 2.75) is 25.8 Å². The number of rotatable bonds is 8. The van der Waals surface area contributed by atoms with Crippen molar-refractivity contribution in [1.82, 2.24) is 4.72 Å². The molecule has 0 radical (unpaired) electrons. The summed E-state index contributed by atoms with van der Waals surface area (Å²) < 4.78 is 36.1. The van der Waals surface area contributed by atoms with Crippen LogP contribution in [0.2, 0.25) is 0 Å². The van der Waals surface area contributed by atoms with Crippen molar-refractivity contribution < 1.29 is 22.7 Å². The van der Waals surface area contributed by atoms with E-state index >= 15 is 0 Å². The van der Waals surface area contributed by atoms with E-state index in [1.54, 1.807) is 32.2 Å². The Morgan fingerprint density at radius 1 is 1.33 bits per heavy atom. The molecular weight excluding hydrogens is 294 g/mol. The van der Waals surface area contributed by atoms with Crippen LogP contribution in [0.4, 0.5) is 0 Å². The van der Waals surface area contributed by atoms with Crippen molar-refractivity contribution in [2.75, 3.05) is 20.0 Å². The van der Waals surface area contributed by atoms with Crippen LogP contribution in [0.1, 0.15) is 31.4 Å². The normalized spacial score (nSPS) is 12.7. The average molecular weight is 315 g/mol. The summed E-state index contributed by atoms with van der Waals surface area (Å²) in [5.41, 5.74) is 0.811. The lowest BCUT2D eigenvalue weighted by molar-refractivity contribution is -0.140. The van der Waals surface area contributed by atoms with E-state index in [4.69, 9.17) is 4.74 Å². The molecule has 0 saturated carbocycles. The topological polar surface area (TPSA) is 81.7 Å². The molecule has 0 fully saturated rings. The van der Waals surface area contributed by atoms with Crippen molar-refractivity contribution in [2.24, 2.45) is 0 Å². The Hall–Kier alpha value is -1.60. The smallest absolute Gasteiger partial charge is 0.305 e. The molecule has 0 aliphatic heterocycles. The number of methoxy groups -OCH3 is 2. The van der Waals surface area contributed by atoms with Gasteiger partial charge in [0.15, 0.2) is 0 Å². The number of sulfonamides is 1. The molecule has 0 amide bonds. The summed E-state index contributed by atoms with van der Waals surface area (Å²) in [5.74, 6) is 0.145.